The first kappa shape index (κ1) is 10.1. The van der Waals surface area contributed by atoms with Gasteiger partial charge in [0.25, 0.3) is 0 Å². The average Bonchev–Trinajstić information content (AvgIpc) is 2.23. The SMILES string of the molecule is Cc1nnc(N2CCN(C)CC2)nc1N. The molecule has 0 radical (unpaired) electrons. The number of likely N-dealkylation sites (N-methyl/N-ethyl adjacent to an activating group) is 1. The highest BCUT2D eigenvalue weighted by molar-refractivity contribution is 5.40. The average molecular weight is 208 g/mol. The Kier molecular flexibility index (Phi) is 2.68. The van der Waals surface area contributed by atoms with Gasteiger partial charge in [-0.05, 0) is 14.0 Å². The summed E-state index contributed by atoms with van der Waals surface area (Å²) in [4.78, 5) is 8.63. The zero-order chi connectivity index (χ0) is 10.8. The van der Waals surface area contributed by atoms with Crippen LogP contribution in [0.5, 0.6) is 0 Å². The van der Waals surface area contributed by atoms with Gasteiger partial charge in [-0.15, -0.1) is 10.2 Å². The molecule has 1 aromatic heterocycles. The maximum atomic E-state index is 5.70. The molecule has 0 bridgehead atoms. The monoisotopic (exact) mass is 208 g/mol. The molecule has 6 nitrogen and oxygen atoms in total. The number of aryl methyl sites for hydroxylation is 1. The summed E-state index contributed by atoms with van der Waals surface area (Å²) in [7, 11) is 2.11. The molecule has 2 N–H and O–H groups in total. The van der Waals surface area contributed by atoms with Crippen molar-refractivity contribution in [3.05, 3.63) is 5.69 Å². The van der Waals surface area contributed by atoms with Gasteiger partial charge < -0.3 is 15.5 Å². The summed E-state index contributed by atoms with van der Waals surface area (Å²) < 4.78 is 0. The molecule has 0 spiro atoms. The Morgan fingerprint density at radius 1 is 1.13 bits per heavy atom. The van der Waals surface area contributed by atoms with E-state index in [1.54, 1.807) is 0 Å². The summed E-state index contributed by atoms with van der Waals surface area (Å²) in [6.07, 6.45) is 0. The van der Waals surface area contributed by atoms with Crippen LogP contribution in [0.15, 0.2) is 0 Å². The van der Waals surface area contributed by atoms with Crippen LogP contribution in [0.25, 0.3) is 0 Å². The van der Waals surface area contributed by atoms with E-state index in [9.17, 15) is 0 Å². The lowest BCUT2D eigenvalue weighted by Crippen LogP contribution is -2.45. The molecule has 1 aromatic rings. The van der Waals surface area contributed by atoms with Crippen molar-refractivity contribution in [2.24, 2.45) is 0 Å². The third-order valence-electron chi connectivity index (χ3n) is 2.67. The van der Waals surface area contributed by atoms with Crippen molar-refractivity contribution in [2.75, 3.05) is 43.9 Å². The number of nitrogens with two attached hydrogens (primary N) is 1. The lowest BCUT2D eigenvalue weighted by Gasteiger charge is -2.32. The largest absolute Gasteiger partial charge is 0.382 e. The second kappa shape index (κ2) is 3.98. The summed E-state index contributed by atoms with van der Waals surface area (Å²) in [5, 5.41) is 8.03. The number of anilines is 2. The zero-order valence-electron chi connectivity index (χ0n) is 9.14. The third kappa shape index (κ3) is 2.15. The number of piperazine rings is 1. The molecule has 0 unspecified atom stereocenters. The highest BCUT2D eigenvalue weighted by atomic mass is 15.4. The lowest BCUT2D eigenvalue weighted by atomic mass is 10.3. The molecule has 0 aliphatic carbocycles. The predicted octanol–water partition coefficient (Wildman–Crippen LogP) is -0.486. The summed E-state index contributed by atoms with van der Waals surface area (Å²) in [6, 6.07) is 0. The second-order valence-electron chi connectivity index (χ2n) is 3.87. The standard InChI is InChI=1S/C9H16N6/c1-7-8(10)11-9(13-12-7)15-5-3-14(2)4-6-15/h3-6H2,1-2H3,(H2,10,11,13). The summed E-state index contributed by atoms with van der Waals surface area (Å²) in [5.41, 5.74) is 6.39. The number of rotatable bonds is 1. The maximum absolute atomic E-state index is 5.70. The van der Waals surface area contributed by atoms with Gasteiger partial charge in [0.15, 0.2) is 5.82 Å². The van der Waals surface area contributed by atoms with Crippen LogP contribution >= 0.6 is 0 Å². The van der Waals surface area contributed by atoms with Crippen molar-refractivity contribution >= 4 is 11.8 Å². The van der Waals surface area contributed by atoms with Gasteiger partial charge in [-0.25, -0.2) is 0 Å². The van der Waals surface area contributed by atoms with Gasteiger partial charge in [0.1, 0.15) is 5.69 Å². The Morgan fingerprint density at radius 3 is 2.40 bits per heavy atom. The first-order chi connectivity index (χ1) is 7.16. The molecule has 0 atom stereocenters. The quantitative estimate of drug-likeness (QED) is 0.671. The fourth-order valence-corrected chi connectivity index (χ4v) is 1.52. The lowest BCUT2D eigenvalue weighted by molar-refractivity contribution is 0.311. The number of aromatic nitrogens is 3. The molecule has 0 aromatic carbocycles. The minimum absolute atomic E-state index is 0.471. The molecule has 15 heavy (non-hydrogen) atoms. The van der Waals surface area contributed by atoms with E-state index in [2.05, 4.69) is 32.0 Å². The molecule has 1 saturated heterocycles. The van der Waals surface area contributed by atoms with Crippen LogP contribution in [0.1, 0.15) is 5.69 Å². The van der Waals surface area contributed by atoms with E-state index < -0.39 is 0 Å². The highest BCUT2D eigenvalue weighted by Crippen LogP contribution is 2.11. The molecular weight excluding hydrogens is 192 g/mol. The van der Waals surface area contributed by atoms with E-state index in [0.717, 1.165) is 26.2 Å². The first-order valence-electron chi connectivity index (χ1n) is 5.07. The van der Waals surface area contributed by atoms with Gasteiger partial charge in [-0.1, -0.05) is 0 Å². The van der Waals surface area contributed by atoms with Gasteiger partial charge in [0.05, 0.1) is 0 Å². The van der Waals surface area contributed by atoms with E-state index in [4.69, 9.17) is 5.73 Å². The van der Waals surface area contributed by atoms with Crippen molar-refractivity contribution < 1.29 is 0 Å². The van der Waals surface area contributed by atoms with Gasteiger partial charge in [0.2, 0.25) is 5.95 Å². The molecule has 6 heteroatoms. The van der Waals surface area contributed by atoms with Crippen molar-refractivity contribution in [3.8, 4) is 0 Å². The Morgan fingerprint density at radius 2 is 1.80 bits per heavy atom. The Hall–Kier alpha value is -1.43. The van der Waals surface area contributed by atoms with Crippen molar-refractivity contribution in [1.29, 1.82) is 0 Å². The summed E-state index contributed by atoms with van der Waals surface area (Å²) >= 11 is 0. The zero-order valence-corrected chi connectivity index (χ0v) is 9.14. The van der Waals surface area contributed by atoms with Crippen LogP contribution in [0.2, 0.25) is 0 Å². The van der Waals surface area contributed by atoms with Crippen LogP contribution in [0, 0.1) is 6.92 Å². The molecule has 1 aliphatic heterocycles. The second-order valence-corrected chi connectivity index (χ2v) is 3.87. The normalized spacial score (nSPS) is 18.1. The Balaban J connectivity index is 2.12. The fraction of sp³-hybridized carbons (Fsp3) is 0.667. The number of nitrogens with zero attached hydrogens (tertiary/aromatic N) is 5. The Labute approximate surface area is 89.1 Å². The van der Waals surface area contributed by atoms with Crippen LogP contribution < -0.4 is 10.6 Å². The van der Waals surface area contributed by atoms with Gasteiger partial charge >= 0.3 is 0 Å². The van der Waals surface area contributed by atoms with E-state index in [1.165, 1.54) is 0 Å². The molecule has 2 heterocycles. The van der Waals surface area contributed by atoms with Crippen molar-refractivity contribution in [2.45, 2.75) is 6.92 Å². The summed E-state index contributed by atoms with van der Waals surface area (Å²) in [5.74, 6) is 1.12. The van der Waals surface area contributed by atoms with Gasteiger partial charge in [-0.2, -0.15) is 4.98 Å². The van der Waals surface area contributed by atoms with E-state index in [-0.39, 0.29) is 0 Å². The molecule has 0 saturated carbocycles. The molecular formula is C9H16N6. The first-order valence-corrected chi connectivity index (χ1v) is 5.07. The topological polar surface area (TPSA) is 71.2 Å². The maximum Gasteiger partial charge on any atom is 0.247 e. The predicted molar refractivity (Wildman–Crippen MR) is 58.7 cm³/mol. The van der Waals surface area contributed by atoms with Gasteiger partial charge in [0, 0.05) is 26.2 Å². The van der Waals surface area contributed by atoms with E-state index in [1.807, 2.05) is 6.92 Å². The molecule has 82 valence electrons. The number of hydrogen-bond acceptors (Lipinski definition) is 6. The minimum atomic E-state index is 0.471. The summed E-state index contributed by atoms with van der Waals surface area (Å²) in [6.45, 7) is 5.72. The molecule has 1 fully saturated rings. The number of nitrogen functional groups attached to an aromatic ring is 1. The molecule has 1 aliphatic rings. The number of hydrogen-bond donors (Lipinski definition) is 1. The van der Waals surface area contributed by atoms with Crippen molar-refractivity contribution in [1.82, 2.24) is 20.1 Å². The molecule has 0 amide bonds. The van der Waals surface area contributed by atoms with Crippen LogP contribution in [0.4, 0.5) is 11.8 Å². The highest BCUT2D eigenvalue weighted by Gasteiger charge is 2.17. The fourth-order valence-electron chi connectivity index (χ4n) is 1.52. The van der Waals surface area contributed by atoms with E-state index >= 15 is 0 Å². The van der Waals surface area contributed by atoms with Gasteiger partial charge in [-0.3, -0.25) is 0 Å². The van der Waals surface area contributed by atoms with Crippen LogP contribution in [0.3, 0.4) is 0 Å². The minimum Gasteiger partial charge on any atom is -0.382 e. The third-order valence-corrected chi connectivity index (χ3v) is 2.67. The smallest absolute Gasteiger partial charge is 0.247 e. The van der Waals surface area contributed by atoms with Crippen LogP contribution in [-0.2, 0) is 0 Å². The van der Waals surface area contributed by atoms with Crippen LogP contribution in [-0.4, -0.2) is 53.3 Å². The molecule has 2 rings (SSSR count). The van der Waals surface area contributed by atoms with Crippen molar-refractivity contribution in [3.63, 3.8) is 0 Å². The van der Waals surface area contributed by atoms with E-state index in [0.29, 0.717) is 17.5 Å². The Bertz CT molecular complexity index is 344.